The van der Waals surface area contributed by atoms with E-state index < -0.39 is 10.8 Å². The summed E-state index contributed by atoms with van der Waals surface area (Å²) >= 11 is 0. The number of ether oxygens (including phenoxy) is 3. The number of hydrogen-bond acceptors (Lipinski definition) is 7. The topological polar surface area (TPSA) is 129 Å². The van der Waals surface area contributed by atoms with Gasteiger partial charge in [0.05, 0.1) is 23.3 Å². The predicted molar refractivity (Wildman–Crippen MR) is 109 cm³/mol. The number of benzene rings is 2. The summed E-state index contributed by atoms with van der Waals surface area (Å²) in [5.74, 6) is -0.555. The van der Waals surface area contributed by atoms with Gasteiger partial charge in [-0.3, -0.25) is 19.7 Å². The van der Waals surface area contributed by atoms with Crippen molar-refractivity contribution in [2.45, 2.75) is 6.42 Å². The Kier molecular flexibility index (Phi) is 8.57. The third-order valence-electron chi connectivity index (χ3n) is 3.97. The SMILES string of the molecule is COCCCNC(=O)c1ccccc1NC(=O)COc1ccc([N+](=O)[O-])c(OC)c1. The summed E-state index contributed by atoms with van der Waals surface area (Å²) < 4.78 is 15.3. The van der Waals surface area contributed by atoms with Crippen LogP contribution in [0, 0.1) is 10.1 Å². The lowest BCUT2D eigenvalue weighted by Crippen LogP contribution is -2.27. The Morgan fingerprint density at radius 2 is 1.90 bits per heavy atom. The third-order valence-corrected chi connectivity index (χ3v) is 3.97. The summed E-state index contributed by atoms with van der Waals surface area (Å²) in [4.78, 5) is 35.0. The second-order valence-corrected chi connectivity index (χ2v) is 6.08. The molecule has 2 amide bonds. The molecule has 0 unspecified atom stereocenters. The Balaban J connectivity index is 1.97. The fraction of sp³-hybridized carbons (Fsp3) is 0.300. The molecule has 0 saturated carbocycles. The predicted octanol–water partition coefficient (Wildman–Crippen LogP) is 2.39. The number of methoxy groups -OCH3 is 2. The molecule has 0 bridgehead atoms. The van der Waals surface area contributed by atoms with Crippen molar-refractivity contribution in [1.82, 2.24) is 5.32 Å². The molecule has 0 aliphatic rings. The third kappa shape index (κ3) is 6.45. The Bertz CT molecular complexity index is 902. The lowest BCUT2D eigenvalue weighted by Gasteiger charge is -2.12. The minimum atomic E-state index is -0.577. The molecule has 2 rings (SSSR count). The molecule has 0 saturated heterocycles. The van der Waals surface area contributed by atoms with Crippen molar-refractivity contribution >= 4 is 23.2 Å². The van der Waals surface area contributed by atoms with E-state index in [1.807, 2.05) is 0 Å². The van der Waals surface area contributed by atoms with Gasteiger partial charge in [0.2, 0.25) is 5.75 Å². The average molecular weight is 417 g/mol. The van der Waals surface area contributed by atoms with Gasteiger partial charge in [0.15, 0.2) is 6.61 Å². The molecule has 0 aliphatic heterocycles. The lowest BCUT2D eigenvalue weighted by molar-refractivity contribution is -0.385. The monoisotopic (exact) mass is 417 g/mol. The number of nitrogens with one attached hydrogen (secondary N) is 2. The minimum absolute atomic E-state index is 0.0217. The van der Waals surface area contributed by atoms with E-state index in [1.54, 1.807) is 31.4 Å². The number of carbonyl (C=O) groups excluding carboxylic acids is 2. The van der Waals surface area contributed by atoms with E-state index in [0.717, 1.165) is 0 Å². The zero-order chi connectivity index (χ0) is 21.9. The first-order valence-corrected chi connectivity index (χ1v) is 9.07. The quantitative estimate of drug-likeness (QED) is 0.326. The number of amides is 2. The van der Waals surface area contributed by atoms with Crippen LogP contribution in [0.2, 0.25) is 0 Å². The zero-order valence-corrected chi connectivity index (χ0v) is 16.7. The number of anilines is 1. The maximum absolute atomic E-state index is 12.3. The molecule has 0 atom stereocenters. The highest BCUT2D eigenvalue weighted by molar-refractivity contribution is 6.04. The number of nitrogens with zero attached hydrogens (tertiary/aromatic N) is 1. The second-order valence-electron chi connectivity index (χ2n) is 6.08. The largest absolute Gasteiger partial charge is 0.490 e. The van der Waals surface area contributed by atoms with Crippen molar-refractivity contribution in [3.8, 4) is 11.5 Å². The molecular weight excluding hydrogens is 394 g/mol. The smallest absolute Gasteiger partial charge is 0.311 e. The molecule has 2 aromatic carbocycles. The molecule has 0 spiro atoms. The molecule has 0 fully saturated rings. The summed E-state index contributed by atoms with van der Waals surface area (Å²) in [6, 6.07) is 10.5. The Morgan fingerprint density at radius 1 is 1.13 bits per heavy atom. The van der Waals surface area contributed by atoms with E-state index in [-0.39, 0.29) is 29.7 Å². The van der Waals surface area contributed by atoms with Crippen molar-refractivity contribution in [2.24, 2.45) is 0 Å². The molecule has 0 aromatic heterocycles. The van der Waals surface area contributed by atoms with E-state index in [2.05, 4.69) is 10.6 Å². The Hall–Kier alpha value is -3.66. The average Bonchev–Trinajstić information content (AvgIpc) is 2.75. The minimum Gasteiger partial charge on any atom is -0.490 e. The van der Waals surface area contributed by atoms with Gasteiger partial charge in [0, 0.05) is 32.4 Å². The van der Waals surface area contributed by atoms with E-state index >= 15 is 0 Å². The Labute approximate surface area is 173 Å². The normalized spacial score (nSPS) is 10.2. The van der Waals surface area contributed by atoms with Crippen molar-refractivity contribution in [3.05, 3.63) is 58.1 Å². The number of para-hydroxylation sites is 1. The van der Waals surface area contributed by atoms with Gasteiger partial charge in [-0.2, -0.15) is 0 Å². The van der Waals surface area contributed by atoms with Gasteiger partial charge in [0.1, 0.15) is 5.75 Å². The maximum atomic E-state index is 12.3. The first-order chi connectivity index (χ1) is 14.5. The number of hydrogen-bond donors (Lipinski definition) is 2. The number of nitro benzene ring substituents is 1. The van der Waals surface area contributed by atoms with Gasteiger partial charge in [0.25, 0.3) is 11.8 Å². The molecule has 160 valence electrons. The van der Waals surface area contributed by atoms with Crippen LogP contribution < -0.4 is 20.1 Å². The van der Waals surface area contributed by atoms with Crippen LogP contribution in [0.5, 0.6) is 11.5 Å². The van der Waals surface area contributed by atoms with Crippen molar-refractivity contribution < 1.29 is 28.7 Å². The van der Waals surface area contributed by atoms with Crippen molar-refractivity contribution in [3.63, 3.8) is 0 Å². The summed E-state index contributed by atoms with van der Waals surface area (Å²) in [6.45, 7) is 0.619. The van der Waals surface area contributed by atoms with Crippen molar-refractivity contribution in [1.29, 1.82) is 0 Å². The van der Waals surface area contributed by atoms with Crippen molar-refractivity contribution in [2.75, 3.05) is 39.3 Å². The van der Waals surface area contributed by atoms with Gasteiger partial charge < -0.3 is 24.8 Å². The van der Waals surface area contributed by atoms with Crippen LogP contribution in [-0.2, 0) is 9.53 Å². The lowest BCUT2D eigenvalue weighted by atomic mass is 10.1. The van der Waals surface area contributed by atoms with Crippen LogP contribution in [-0.4, -0.2) is 50.7 Å². The highest BCUT2D eigenvalue weighted by Crippen LogP contribution is 2.30. The van der Waals surface area contributed by atoms with Gasteiger partial charge in [-0.25, -0.2) is 0 Å². The van der Waals surface area contributed by atoms with Gasteiger partial charge in [-0.05, 0) is 24.6 Å². The van der Waals surface area contributed by atoms with Gasteiger partial charge in [-0.1, -0.05) is 12.1 Å². The van der Waals surface area contributed by atoms with Crippen LogP contribution in [0.15, 0.2) is 42.5 Å². The zero-order valence-electron chi connectivity index (χ0n) is 16.7. The molecule has 10 nitrogen and oxygen atoms in total. The van der Waals surface area contributed by atoms with Crippen LogP contribution >= 0.6 is 0 Å². The van der Waals surface area contributed by atoms with Gasteiger partial charge in [-0.15, -0.1) is 0 Å². The summed E-state index contributed by atoms with van der Waals surface area (Å²) in [5.41, 5.74) is 0.455. The fourth-order valence-corrected chi connectivity index (χ4v) is 2.54. The van der Waals surface area contributed by atoms with E-state index in [9.17, 15) is 19.7 Å². The molecule has 10 heteroatoms. The maximum Gasteiger partial charge on any atom is 0.311 e. The second kappa shape index (κ2) is 11.4. The van der Waals surface area contributed by atoms with E-state index in [0.29, 0.717) is 30.8 Å². The first kappa shape index (κ1) is 22.6. The standard InChI is InChI=1S/C20H23N3O7/c1-28-11-5-10-21-20(25)15-6-3-4-7-16(15)22-19(24)13-30-14-8-9-17(23(26)27)18(12-14)29-2/h3-4,6-9,12H,5,10-11,13H2,1-2H3,(H,21,25)(H,22,24). The number of rotatable bonds is 11. The summed E-state index contributed by atoms with van der Waals surface area (Å²) in [6.07, 6.45) is 0.670. The number of nitro groups is 1. The Morgan fingerprint density at radius 3 is 2.60 bits per heavy atom. The van der Waals surface area contributed by atoms with E-state index in [4.69, 9.17) is 14.2 Å². The molecule has 30 heavy (non-hydrogen) atoms. The first-order valence-electron chi connectivity index (χ1n) is 9.07. The van der Waals surface area contributed by atoms with Gasteiger partial charge >= 0.3 is 5.69 Å². The molecule has 2 aromatic rings. The summed E-state index contributed by atoms with van der Waals surface area (Å²) in [5, 5.41) is 16.3. The molecule has 0 radical (unpaired) electrons. The number of carbonyl (C=O) groups is 2. The van der Waals surface area contributed by atoms with E-state index in [1.165, 1.54) is 25.3 Å². The van der Waals surface area contributed by atoms with Crippen LogP contribution in [0.3, 0.4) is 0 Å². The van der Waals surface area contributed by atoms with Crippen LogP contribution in [0.1, 0.15) is 16.8 Å². The molecule has 0 heterocycles. The fourth-order valence-electron chi connectivity index (χ4n) is 2.54. The van der Waals surface area contributed by atoms with Crippen LogP contribution in [0.4, 0.5) is 11.4 Å². The summed E-state index contributed by atoms with van der Waals surface area (Å²) in [7, 11) is 2.89. The van der Waals surface area contributed by atoms with Crippen LogP contribution in [0.25, 0.3) is 0 Å². The molecule has 0 aliphatic carbocycles. The molecule has 2 N–H and O–H groups in total. The highest BCUT2D eigenvalue weighted by Gasteiger charge is 2.16. The molecular formula is C20H23N3O7. The highest BCUT2D eigenvalue weighted by atomic mass is 16.6.